The fourth-order valence-corrected chi connectivity index (χ4v) is 6.39. The average molecular weight is 393 g/mol. The van der Waals surface area contributed by atoms with E-state index in [2.05, 4.69) is 0 Å². The second-order valence-electron chi connectivity index (χ2n) is 6.65. The van der Waals surface area contributed by atoms with Gasteiger partial charge in [-0.3, -0.25) is 0 Å². The monoisotopic (exact) mass is 393 g/mol. The zero-order valence-electron chi connectivity index (χ0n) is 13.6. The molecule has 0 aromatic heterocycles. The first-order valence-electron chi connectivity index (χ1n) is 8.38. The van der Waals surface area contributed by atoms with E-state index in [-0.39, 0.29) is 10.9 Å². The molecule has 140 valence electrons. The number of nitrogens with zero attached hydrogens (tertiary/aromatic N) is 1. The van der Waals surface area contributed by atoms with E-state index in [1.54, 1.807) is 0 Å². The first-order chi connectivity index (χ1) is 11.7. The van der Waals surface area contributed by atoms with E-state index < -0.39 is 30.5 Å². The maximum atomic E-state index is 12.9. The number of sulfone groups is 1. The number of sulfonamides is 1. The topological polar surface area (TPSA) is 71.5 Å². The molecule has 1 aromatic carbocycles. The SMILES string of the molecule is O=S(=O)(c1ccc(S(=O)(=O)N2CCCC2C2CCCC2)cc1)C(F)F. The molecule has 0 N–H and O–H groups in total. The highest BCUT2D eigenvalue weighted by Gasteiger charge is 2.40. The molecule has 1 heterocycles. The maximum absolute atomic E-state index is 12.9. The van der Waals surface area contributed by atoms with Crippen molar-refractivity contribution in [1.29, 1.82) is 0 Å². The molecular weight excluding hydrogens is 372 g/mol. The molecule has 1 saturated carbocycles. The van der Waals surface area contributed by atoms with E-state index in [4.69, 9.17) is 0 Å². The van der Waals surface area contributed by atoms with Gasteiger partial charge in [0.2, 0.25) is 19.9 Å². The molecule has 25 heavy (non-hydrogen) atoms. The zero-order chi connectivity index (χ0) is 18.2. The molecule has 1 aliphatic carbocycles. The molecule has 3 rings (SSSR count). The van der Waals surface area contributed by atoms with Crippen molar-refractivity contribution in [3.63, 3.8) is 0 Å². The summed E-state index contributed by atoms with van der Waals surface area (Å²) < 4.78 is 75.5. The first kappa shape index (κ1) is 18.7. The highest BCUT2D eigenvalue weighted by atomic mass is 32.2. The molecule has 1 aromatic rings. The summed E-state index contributed by atoms with van der Waals surface area (Å²) in [6.45, 7) is 0.445. The largest absolute Gasteiger partial charge is 0.341 e. The van der Waals surface area contributed by atoms with Gasteiger partial charge in [0.05, 0.1) is 9.79 Å². The Morgan fingerprint density at radius 1 is 0.880 bits per heavy atom. The van der Waals surface area contributed by atoms with Gasteiger partial charge < -0.3 is 0 Å². The summed E-state index contributed by atoms with van der Waals surface area (Å²) in [5, 5.41) is 0. The van der Waals surface area contributed by atoms with Crippen LogP contribution in [0.5, 0.6) is 0 Å². The Morgan fingerprint density at radius 3 is 2.00 bits per heavy atom. The summed E-state index contributed by atoms with van der Waals surface area (Å²) in [6, 6.07) is 4.07. The Kier molecular flexibility index (Phi) is 5.18. The Hall–Kier alpha value is -1.06. The predicted molar refractivity (Wildman–Crippen MR) is 88.5 cm³/mol. The van der Waals surface area contributed by atoms with Crippen molar-refractivity contribution in [3.05, 3.63) is 24.3 Å². The molecule has 0 amide bonds. The van der Waals surface area contributed by atoms with Crippen LogP contribution < -0.4 is 0 Å². The van der Waals surface area contributed by atoms with Crippen LogP contribution in [0.1, 0.15) is 38.5 Å². The third-order valence-corrected chi connectivity index (χ3v) is 8.52. The number of hydrogen-bond donors (Lipinski definition) is 0. The fraction of sp³-hybridized carbons (Fsp3) is 0.625. The second-order valence-corrected chi connectivity index (χ2v) is 10.5. The number of alkyl halides is 2. The minimum absolute atomic E-state index is 0.0167. The smallest absolute Gasteiger partial charge is 0.218 e. The van der Waals surface area contributed by atoms with E-state index in [1.165, 1.54) is 4.31 Å². The van der Waals surface area contributed by atoms with Crippen molar-refractivity contribution in [2.75, 3.05) is 6.54 Å². The van der Waals surface area contributed by atoms with Gasteiger partial charge in [-0.05, 0) is 55.9 Å². The standard InChI is InChI=1S/C16H21F2NO4S2/c17-16(18)24(20,21)13-7-9-14(10-8-13)25(22,23)19-11-3-6-15(19)12-4-1-2-5-12/h7-10,12,15-16H,1-6,11H2. The van der Waals surface area contributed by atoms with Crippen molar-refractivity contribution >= 4 is 19.9 Å². The lowest BCUT2D eigenvalue weighted by molar-refractivity contribution is 0.234. The van der Waals surface area contributed by atoms with Crippen molar-refractivity contribution < 1.29 is 25.6 Å². The minimum atomic E-state index is -4.72. The van der Waals surface area contributed by atoms with Crippen LogP contribution in [-0.4, -0.2) is 39.5 Å². The van der Waals surface area contributed by atoms with Gasteiger partial charge in [0.1, 0.15) is 0 Å². The summed E-state index contributed by atoms with van der Waals surface area (Å²) in [5.74, 6) is -3.16. The molecule has 9 heteroatoms. The van der Waals surface area contributed by atoms with Crippen LogP contribution in [0.3, 0.4) is 0 Å². The molecule has 1 unspecified atom stereocenters. The first-order valence-corrected chi connectivity index (χ1v) is 11.4. The summed E-state index contributed by atoms with van der Waals surface area (Å²) in [6.07, 6.45) is 5.94. The van der Waals surface area contributed by atoms with Crippen LogP contribution in [0.15, 0.2) is 34.1 Å². The Balaban J connectivity index is 1.87. The lowest BCUT2D eigenvalue weighted by Crippen LogP contribution is -2.39. The molecule has 2 aliphatic rings. The van der Waals surface area contributed by atoms with E-state index in [0.717, 1.165) is 62.8 Å². The van der Waals surface area contributed by atoms with Crippen LogP contribution in [-0.2, 0) is 19.9 Å². The van der Waals surface area contributed by atoms with Gasteiger partial charge in [0, 0.05) is 12.6 Å². The molecule has 2 fully saturated rings. The Labute approximate surface area is 147 Å². The summed E-state index contributed by atoms with van der Waals surface area (Å²) in [4.78, 5) is -0.624. The normalized spacial score (nSPS) is 23.6. The average Bonchev–Trinajstić information content (AvgIpc) is 3.25. The molecule has 1 saturated heterocycles. The van der Waals surface area contributed by atoms with Gasteiger partial charge in [-0.15, -0.1) is 0 Å². The van der Waals surface area contributed by atoms with Crippen LogP contribution in [0.25, 0.3) is 0 Å². The number of halogens is 2. The number of hydrogen-bond acceptors (Lipinski definition) is 4. The molecular formula is C16H21F2NO4S2. The van der Waals surface area contributed by atoms with Crippen molar-refractivity contribution in [1.82, 2.24) is 4.31 Å². The van der Waals surface area contributed by atoms with Gasteiger partial charge in [-0.25, -0.2) is 16.8 Å². The number of rotatable bonds is 5. The lowest BCUT2D eigenvalue weighted by atomic mass is 9.97. The van der Waals surface area contributed by atoms with E-state index in [9.17, 15) is 25.6 Å². The van der Waals surface area contributed by atoms with Gasteiger partial charge >= 0.3 is 5.76 Å². The maximum Gasteiger partial charge on any atom is 0.341 e. The van der Waals surface area contributed by atoms with Gasteiger partial charge in [-0.1, -0.05) is 12.8 Å². The quantitative estimate of drug-likeness (QED) is 0.771. The summed E-state index contributed by atoms with van der Waals surface area (Å²) >= 11 is 0. The van der Waals surface area contributed by atoms with E-state index >= 15 is 0 Å². The summed E-state index contributed by atoms with van der Waals surface area (Å²) in [7, 11) is -8.48. The second kappa shape index (κ2) is 6.92. The van der Waals surface area contributed by atoms with Gasteiger partial charge in [0.15, 0.2) is 0 Å². The molecule has 0 spiro atoms. The van der Waals surface area contributed by atoms with Crippen LogP contribution in [0.4, 0.5) is 8.78 Å². The van der Waals surface area contributed by atoms with Gasteiger partial charge in [0.25, 0.3) is 0 Å². The third-order valence-electron chi connectivity index (χ3n) is 5.19. The molecule has 0 radical (unpaired) electrons. The summed E-state index contributed by atoms with van der Waals surface area (Å²) in [5.41, 5.74) is 0. The molecule has 1 atom stereocenters. The van der Waals surface area contributed by atoms with E-state index in [1.807, 2.05) is 0 Å². The van der Waals surface area contributed by atoms with Crippen molar-refractivity contribution in [2.45, 2.75) is 60.1 Å². The molecule has 0 bridgehead atoms. The van der Waals surface area contributed by atoms with E-state index in [0.29, 0.717) is 12.5 Å². The third kappa shape index (κ3) is 3.46. The van der Waals surface area contributed by atoms with Crippen molar-refractivity contribution in [2.24, 2.45) is 5.92 Å². The molecule has 5 nitrogen and oxygen atoms in total. The van der Waals surface area contributed by atoms with Crippen molar-refractivity contribution in [3.8, 4) is 0 Å². The fourth-order valence-electron chi connectivity index (χ4n) is 3.92. The van der Waals surface area contributed by atoms with Crippen LogP contribution in [0, 0.1) is 5.92 Å². The zero-order valence-corrected chi connectivity index (χ0v) is 15.3. The highest BCUT2D eigenvalue weighted by Crippen LogP contribution is 2.38. The predicted octanol–water partition coefficient (Wildman–Crippen LogP) is 3.03. The Bertz CT molecular complexity index is 816. The lowest BCUT2D eigenvalue weighted by Gasteiger charge is -2.28. The Morgan fingerprint density at radius 2 is 1.44 bits per heavy atom. The minimum Gasteiger partial charge on any atom is -0.218 e. The van der Waals surface area contributed by atoms with Gasteiger partial charge in [-0.2, -0.15) is 13.1 Å². The van der Waals surface area contributed by atoms with Crippen LogP contribution in [0.2, 0.25) is 0 Å². The van der Waals surface area contributed by atoms with Crippen LogP contribution >= 0.6 is 0 Å². The number of benzene rings is 1. The molecule has 1 aliphatic heterocycles. The highest BCUT2D eigenvalue weighted by molar-refractivity contribution is 7.91.